The molecule has 2 rings (SSSR count). The molecule has 19 heavy (non-hydrogen) atoms. The van der Waals surface area contributed by atoms with E-state index in [4.69, 9.17) is 9.57 Å². The first-order valence-electron chi connectivity index (χ1n) is 6.02. The van der Waals surface area contributed by atoms with Crippen LogP contribution in [0.5, 0.6) is 0 Å². The van der Waals surface area contributed by atoms with E-state index in [1.807, 2.05) is 6.07 Å². The number of anilines is 1. The van der Waals surface area contributed by atoms with E-state index in [2.05, 4.69) is 15.4 Å². The van der Waals surface area contributed by atoms with Crippen molar-refractivity contribution < 1.29 is 14.4 Å². The van der Waals surface area contributed by atoms with Crippen molar-refractivity contribution in [2.45, 2.75) is 6.92 Å². The largest absolute Gasteiger partial charge is 0.378 e. The number of hydroxylamine groups is 1. The molecule has 106 valence electrons. The molecule has 7 heteroatoms. The third kappa shape index (κ3) is 4.34. The minimum absolute atomic E-state index is 0. The summed E-state index contributed by atoms with van der Waals surface area (Å²) in [7, 11) is 0. The van der Waals surface area contributed by atoms with Crippen LogP contribution in [0.2, 0.25) is 0 Å². The van der Waals surface area contributed by atoms with Gasteiger partial charge in [-0.25, -0.2) is 5.48 Å². The lowest BCUT2D eigenvalue weighted by Gasteiger charge is -2.28. The number of carbonyl (C=O) groups is 1. The maximum atomic E-state index is 11.7. The number of nitrogens with one attached hydrogen (secondary N) is 1. The van der Waals surface area contributed by atoms with Crippen LogP contribution in [0.25, 0.3) is 0 Å². The van der Waals surface area contributed by atoms with Crippen molar-refractivity contribution in [2.24, 2.45) is 0 Å². The molecule has 2 heterocycles. The molecule has 0 aliphatic carbocycles. The molecule has 6 nitrogen and oxygen atoms in total. The lowest BCUT2D eigenvalue weighted by atomic mass is 10.2. The second-order valence-corrected chi connectivity index (χ2v) is 3.86. The molecule has 1 N–H and O–H groups in total. The first-order chi connectivity index (χ1) is 8.81. The Hall–Kier alpha value is -1.37. The van der Waals surface area contributed by atoms with Gasteiger partial charge in [-0.05, 0) is 19.1 Å². The minimum Gasteiger partial charge on any atom is -0.378 e. The molecule has 1 aliphatic rings. The van der Waals surface area contributed by atoms with Gasteiger partial charge >= 0.3 is 0 Å². The predicted molar refractivity (Wildman–Crippen MR) is 73.6 cm³/mol. The van der Waals surface area contributed by atoms with Crippen LogP contribution in [0.15, 0.2) is 18.3 Å². The molecule has 1 aromatic heterocycles. The first-order valence-corrected chi connectivity index (χ1v) is 6.02. The zero-order chi connectivity index (χ0) is 12.8. The van der Waals surface area contributed by atoms with Crippen molar-refractivity contribution in [1.29, 1.82) is 0 Å². The summed E-state index contributed by atoms with van der Waals surface area (Å²) in [4.78, 5) is 22.8. The monoisotopic (exact) mass is 287 g/mol. The maximum absolute atomic E-state index is 11.7. The number of carbonyl (C=O) groups excluding carboxylic acids is 1. The van der Waals surface area contributed by atoms with Gasteiger partial charge in [-0.15, -0.1) is 12.4 Å². The predicted octanol–water partition coefficient (Wildman–Crippen LogP) is 1.02. The molecule has 1 amide bonds. The Morgan fingerprint density at radius 2 is 2.26 bits per heavy atom. The second kappa shape index (κ2) is 7.93. The summed E-state index contributed by atoms with van der Waals surface area (Å²) in [6, 6.07) is 3.66. The molecule has 0 unspecified atom stereocenters. The molecule has 0 aromatic carbocycles. The molecular weight excluding hydrogens is 270 g/mol. The highest BCUT2D eigenvalue weighted by molar-refractivity contribution is 5.92. The number of rotatable bonds is 4. The second-order valence-electron chi connectivity index (χ2n) is 3.86. The van der Waals surface area contributed by atoms with E-state index in [0.29, 0.717) is 25.5 Å². The summed E-state index contributed by atoms with van der Waals surface area (Å²) < 4.78 is 5.30. The average molecular weight is 288 g/mol. The normalized spacial score (nSPS) is 14.7. The van der Waals surface area contributed by atoms with E-state index in [0.717, 1.165) is 18.8 Å². The number of hydrogen-bond acceptors (Lipinski definition) is 5. The van der Waals surface area contributed by atoms with Crippen LogP contribution in [-0.2, 0) is 9.57 Å². The summed E-state index contributed by atoms with van der Waals surface area (Å²) in [5, 5.41) is 0. The summed E-state index contributed by atoms with van der Waals surface area (Å²) in [6.45, 7) is 5.31. The van der Waals surface area contributed by atoms with Crippen molar-refractivity contribution in [2.75, 3.05) is 37.8 Å². The Balaban J connectivity index is 0.00000180. The van der Waals surface area contributed by atoms with E-state index in [-0.39, 0.29) is 18.3 Å². The lowest BCUT2D eigenvalue weighted by molar-refractivity contribution is 0.0360. The molecule has 0 radical (unpaired) electrons. The van der Waals surface area contributed by atoms with E-state index in [1.54, 1.807) is 19.2 Å². The summed E-state index contributed by atoms with van der Waals surface area (Å²) in [6.07, 6.45) is 1.63. The van der Waals surface area contributed by atoms with Crippen LogP contribution < -0.4 is 10.4 Å². The Bertz CT molecular complexity index is 411. The quantitative estimate of drug-likeness (QED) is 0.838. The zero-order valence-electron chi connectivity index (χ0n) is 10.8. The summed E-state index contributed by atoms with van der Waals surface area (Å²) >= 11 is 0. The molecule has 1 saturated heterocycles. The number of halogens is 1. The Labute approximate surface area is 118 Å². The van der Waals surface area contributed by atoms with Crippen LogP contribution in [0.1, 0.15) is 17.4 Å². The van der Waals surface area contributed by atoms with Gasteiger partial charge in [-0.1, -0.05) is 0 Å². The smallest absolute Gasteiger partial charge is 0.293 e. The van der Waals surface area contributed by atoms with E-state index >= 15 is 0 Å². The standard InChI is InChI=1S/C12H17N3O3.ClH/c1-2-18-14-12(16)11-9-10(3-4-13-11)15-5-7-17-8-6-15;/h3-4,9H,2,5-8H2,1H3,(H,14,16);1H. The van der Waals surface area contributed by atoms with Gasteiger partial charge in [0.05, 0.1) is 19.8 Å². The van der Waals surface area contributed by atoms with Gasteiger partial charge in [-0.3, -0.25) is 14.6 Å². The van der Waals surface area contributed by atoms with E-state index in [9.17, 15) is 4.79 Å². The van der Waals surface area contributed by atoms with Crippen molar-refractivity contribution in [3.05, 3.63) is 24.0 Å². The van der Waals surface area contributed by atoms with Gasteiger partial charge in [0.2, 0.25) is 0 Å². The zero-order valence-corrected chi connectivity index (χ0v) is 11.6. The molecule has 1 aliphatic heterocycles. The highest BCUT2D eigenvalue weighted by Gasteiger charge is 2.14. The Morgan fingerprint density at radius 1 is 1.53 bits per heavy atom. The van der Waals surface area contributed by atoms with Crippen LogP contribution in [-0.4, -0.2) is 43.8 Å². The first kappa shape index (κ1) is 15.7. The molecule has 0 saturated carbocycles. The van der Waals surface area contributed by atoms with Crippen molar-refractivity contribution in [3.63, 3.8) is 0 Å². The van der Waals surface area contributed by atoms with Crippen LogP contribution >= 0.6 is 12.4 Å². The summed E-state index contributed by atoms with van der Waals surface area (Å²) in [5.74, 6) is -0.327. The van der Waals surface area contributed by atoms with Gasteiger partial charge in [0.25, 0.3) is 5.91 Å². The van der Waals surface area contributed by atoms with Gasteiger partial charge in [0.15, 0.2) is 0 Å². The number of pyridine rings is 1. The van der Waals surface area contributed by atoms with Gasteiger partial charge < -0.3 is 9.64 Å². The number of hydrogen-bond donors (Lipinski definition) is 1. The fourth-order valence-corrected chi connectivity index (χ4v) is 1.75. The van der Waals surface area contributed by atoms with Gasteiger partial charge in [-0.2, -0.15) is 0 Å². The number of aromatic nitrogens is 1. The molecule has 1 fully saturated rings. The van der Waals surface area contributed by atoms with Crippen LogP contribution in [0.4, 0.5) is 5.69 Å². The number of morpholine rings is 1. The van der Waals surface area contributed by atoms with E-state index < -0.39 is 0 Å². The van der Waals surface area contributed by atoms with E-state index in [1.165, 1.54) is 0 Å². The number of ether oxygens (including phenoxy) is 1. The lowest BCUT2D eigenvalue weighted by Crippen LogP contribution is -2.36. The fraction of sp³-hybridized carbons (Fsp3) is 0.500. The van der Waals surface area contributed by atoms with Crippen molar-refractivity contribution >= 4 is 24.0 Å². The summed E-state index contributed by atoms with van der Waals surface area (Å²) in [5.41, 5.74) is 3.67. The number of amides is 1. The third-order valence-corrected chi connectivity index (χ3v) is 2.66. The van der Waals surface area contributed by atoms with Gasteiger partial charge in [0, 0.05) is 25.0 Å². The third-order valence-electron chi connectivity index (χ3n) is 2.66. The molecular formula is C12H18ClN3O3. The minimum atomic E-state index is -0.327. The highest BCUT2D eigenvalue weighted by Crippen LogP contribution is 2.15. The fourth-order valence-electron chi connectivity index (χ4n) is 1.75. The SMILES string of the molecule is CCONC(=O)c1cc(N2CCOCC2)ccn1.Cl. The number of nitrogens with zero attached hydrogens (tertiary/aromatic N) is 2. The average Bonchev–Trinajstić information content (AvgIpc) is 2.46. The Kier molecular flexibility index (Phi) is 6.55. The van der Waals surface area contributed by atoms with Crippen molar-refractivity contribution in [3.8, 4) is 0 Å². The molecule has 0 spiro atoms. The van der Waals surface area contributed by atoms with Gasteiger partial charge in [0.1, 0.15) is 5.69 Å². The molecule has 0 bridgehead atoms. The maximum Gasteiger partial charge on any atom is 0.293 e. The molecule has 1 aromatic rings. The van der Waals surface area contributed by atoms with Crippen LogP contribution in [0, 0.1) is 0 Å². The highest BCUT2D eigenvalue weighted by atomic mass is 35.5. The Morgan fingerprint density at radius 3 is 2.95 bits per heavy atom. The van der Waals surface area contributed by atoms with Crippen molar-refractivity contribution in [1.82, 2.24) is 10.5 Å². The topological polar surface area (TPSA) is 63.7 Å². The molecule has 0 atom stereocenters. The van der Waals surface area contributed by atoms with Crippen LogP contribution in [0.3, 0.4) is 0 Å².